The van der Waals surface area contributed by atoms with Crippen molar-refractivity contribution in [1.29, 1.82) is 0 Å². The van der Waals surface area contributed by atoms with Crippen molar-refractivity contribution < 1.29 is 32.2 Å². The summed E-state index contributed by atoms with van der Waals surface area (Å²) in [6.45, 7) is 7.98. The average molecular weight is 537 g/mol. The molecular weight excluding hydrogens is 496 g/mol. The molecule has 4 aliphatic rings. The van der Waals surface area contributed by atoms with Crippen LogP contribution in [0, 0.1) is 6.92 Å². The molecule has 10 heteroatoms. The van der Waals surface area contributed by atoms with Crippen LogP contribution in [0.1, 0.15) is 77.8 Å². The number of fused-ring (bicyclic) bond motifs is 2. The van der Waals surface area contributed by atoms with Crippen LogP contribution in [0.25, 0.3) is 0 Å². The first-order valence-electron chi connectivity index (χ1n) is 13.6. The maximum absolute atomic E-state index is 12.7. The van der Waals surface area contributed by atoms with Gasteiger partial charge >= 0.3 is 6.09 Å². The first-order chi connectivity index (χ1) is 17.5. The minimum absolute atomic E-state index is 0.0630. The van der Waals surface area contributed by atoms with Crippen molar-refractivity contribution in [3.63, 3.8) is 0 Å². The highest BCUT2D eigenvalue weighted by Gasteiger charge is 2.46. The number of piperidine rings is 1. The number of ether oxygens (including phenoxy) is 4. The van der Waals surface area contributed by atoms with E-state index in [1.165, 1.54) is 0 Å². The molecule has 37 heavy (non-hydrogen) atoms. The molecular formula is C27H40N2O7S. The van der Waals surface area contributed by atoms with Gasteiger partial charge in [0.05, 0.1) is 37.2 Å². The van der Waals surface area contributed by atoms with Gasteiger partial charge in [-0.3, -0.25) is 0 Å². The normalized spacial score (nSPS) is 30.6. The van der Waals surface area contributed by atoms with E-state index in [1.807, 2.05) is 25.7 Å². The van der Waals surface area contributed by atoms with Crippen molar-refractivity contribution in [3.8, 4) is 5.75 Å². The molecule has 0 aromatic carbocycles. The Labute approximate surface area is 220 Å². The molecule has 1 saturated carbocycles. The molecule has 206 valence electrons. The zero-order valence-electron chi connectivity index (χ0n) is 22.4. The van der Waals surface area contributed by atoms with Crippen LogP contribution in [0.15, 0.2) is 17.2 Å². The average Bonchev–Trinajstić information content (AvgIpc) is 3.04. The van der Waals surface area contributed by atoms with Gasteiger partial charge in [0.15, 0.2) is 5.03 Å². The van der Waals surface area contributed by atoms with Gasteiger partial charge in [0.25, 0.3) is 0 Å². The van der Waals surface area contributed by atoms with Gasteiger partial charge in [-0.15, -0.1) is 0 Å². The summed E-state index contributed by atoms with van der Waals surface area (Å²) in [5.41, 5.74) is 0.108. The van der Waals surface area contributed by atoms with Crippen LogP contribution in [-0.2, 0) is 24.0 Å². The molecule has 1 unspecified atom stereocenters. The number of rotatable bonds is 6. The van der Waals surface area contributed by atoms with Gasteiger partial charge < -0.3 is 23.8 Å². The highest BCUT2D eigenvalue weighted by atomic mass is 32.2. The highest BCUT2D eigenvalue weighted by molar-refractivity contribution is 7.92. The Bertz CT molecular complexity index is 1080. The number of sulfone groups is 1. The monoisotopic (exact) mass is 536 g/mol. The van der Waals surface area contributed by atoms with Crippen LogP contribution in [0.5, 0.6) is 5.75 Å². The van der Waals surface area contributed by atoms with E-state index in [0.29, 0.717) is 11.4 Å². The number of nitrogens with zero attached hydrogens (tertiary/aromatic N) is 2. The lowest BCUT2D eigenvalue weighted by molar-refractivity contribution is -0.0813. The predicted octanol–water partition coefficient (Wildman–Crippen LogP) is 4.20. The number of hydrogen-bond donors (Lipinski definition) is 0. The minimum atomic E-state index is -3.45. The van der Waals surface area contributed by atoms with Gasteiger partial charge in [-0.05, 0) is 91.2 Å². The third-order valence-corrected chi connectivity index (χ3v) is 9.90. The van der Waals surface area contributed by atoms with E-state index in [4.69, 9.17) is 18.9 Å². The SMILES string of the molecule is Cc1nc(S(=O)(=O)C2COC2)ccc1OC1CCC(OC2C[C@H]3CC[C@@H](C2)N3C(=O)OC(C)(C)C)CC1. The van der Waals surface area contributed by atoms with E-state index in [1.54, 1.807) is 19.1 Å². The molecule has 0 spiro atoms. The van der Waals surface area contributed by atoms with Crippen molar-refractivity contribution in [2.75, 3.05) is 13.2 Å². The zero-order valence-corrected chi connectivity index (χ0v) is 23.2. The zero-order chi connectivity index (χ0) is 26.4. The molecule has 3 aliphatic heterocycles. The Morgan fingerprint density at radius 1 is 0.973 bits per heavy atom. The lowest BCUT2D eigenvalue weighted by Crippen LogP contribution is -2.50. The standard InChI is InChI=1S/C27H40N2O7S/c1-17-24(11-12-25(28-17)37(31,32)23-15-33-16-23)35-21-9-7-20(8-10-21)34-22-13-18-5-6-19(14-22)29(18)26(30)36-27(2,3)4/h11-12,18-23H,5-10,13-16H2,1-4H3/t18-,19+,20?,21?,22?. The number of aryl methyl sites for hydroxylation is 1. The van der Waals surface area contributed by atoms with Crippen molar-refractivity contribution in [2.45, 2.75) is 125 Å². The van der Waals surface area contributed by atoms with Crippen LogP contribution in [0.2, 0.25) is 0 Å². The lowest BCUT2D eigenvalue weighted by atomic mass is 9.93. The molecule has 5 rings (SSSR count). The van der Waals surface area contributed by atoms with Gasteiger partial charge in [-0.2, -0.15) is 0 Å². The number of aromatic nitrogens is 1. The Hall–Kier alpha value is -1.91. The van der Waals surface area contributed by atoms with Crippen LogP contribution in [0.3, 0.4) is 0 Å². The van der Waals surface area contributed by atoms with E-state index >= 15 is 0 Å². The topological polar surface area (TPSA) is 104 Å². The highest BCUT2D eigenvalue weighted by Crippen LogP contribution is 2.39. The van der Waals surface area contributed by atoms with E-state index in [-0.39, 0.29) is 54.7 Å². The second kappa shape index (κ2) is 10.3. The lowest BCUT2D eigenvalue weighted by Gasteiger charge is -2.41. The largest absolute Gasteiger partial charge is 0.489 e. The molecule has 3 atom stereocenters. The number of pyridine rings is 1. The van der Waals surface area contributed by atoms with E-state index < -0.39 is 20.7 Å². The Morgan fingerprint density at radius 3 is 2.14 bits per heavy atom. The molecule has 0 radical (unpaired) electrons. The molecule has 3 saturated heterocycles. The molecule has 1 aromatic heterocycles. The summed E-state index contributed by atoms with van der Waals surface area (Å²) in [7, 11) is -3.45. The van der Waals surface area contributed by atoms with Gasteiger partial charge in [0.2, 0.25) is 9.84 Å². The smallest absolute Gasteiger partial charge is 0.410 e. The van der Waals surface area contributed by atoms with Crippen LogP contribution in [0.4, 0.5) is 4.79 Å². The van der Waals surface area contributed by atoms with Crippen molar-refractivity contribution in [1.82, 2.24) is 9.88 Å². The molecule has 4 heterocycles. The molecule has 0 N–H and O–H groups in total. The van der Waals surface area contributed by atoms with Crippen molar-refractivity contribution in [3.05, 3.63) is 17.8 Å². The number of amides is 1. The maximum Gasteiger partial charge on any atom is 0.410 e. The molecule has 1 aromatic rings. The number of carbonyl (C=O) groups excluding carboxylic acids is 1. The first-order valence-corrected chi connectivity index (χ1v) is 15.2. The molecule has 2 bridgehead atoms. The summed E-state index contributed by atoms with van der Waals surface area (Å²) in [5, 5.41) is -0.407. The molecule has 4 fully saturated rings. The van der Waals surface area contributed by atoms with Gasteiger partial charge in [-0.1, -0.05) is 0 Å². The Balaban J connectivity index is 1.09. The number of hydrogen-bond acceptors (Lipinski definition) is 8. The third kappa shape index (κ3) is 5.91. The first kappa shape index (κ1) is 26.7. The summed E-state index contributed by atoms with van der Waals surface area (Å²) in [6.07, 6.45) is 7.66. The van der Waals surface area contributed by atoms with E-state index in [0.717, 1.165) is 51.4 Å². The fourth-order valence-electron chi connectivity index (χ4n) is 5.96. The quantitative estimate of drug-likeness (QED) is 0.533. The van der Waals surface area contributed by atoms with E-state index in [2.05, 4.69) is 4.98 Å². The fourth-order valence-corrected chi connectivity index (χ4v) is 7.38. The minimum Gasteiger partial charge on any atom is -0.489 e. The third-order valence-electron chi connectivity index (χ3n) is 7.94. The van der Waals surface area contributed by atoms with Gasteiger partial charge in [0.1, 0.15) is 16.6 Å². The van der Waals surface area contributed by atoms with Crippen LogP contribution < -0.4 is 4.74 Å². The molecule has 1 amide bonds. The van der Waals surface area contributed by atoms with E-state index in [9.17, 15) is 13.2 Å². The summed E-state index contributed by atoms with van der Waals surface area (Å²) in [6, 6.07) is 3.68. The number of carbonyl (C=O) groups is 1. The molecule has 1 aliphatic carbocycles. The van der Waals surface area contributed by atoms with Crippen molar-refractivity contribution in [2.24, 2.45) is 0 Å². The fraction of sp³-hybridized carbons (Fsp3) is 0.778. The van der Waals surface area contributed by atoms with Crippen LogP contribution in [-0.4, -0.2) is 78.9 Å². The van der Waals surface area contributed by atoms with Crippen LogP contribution >= 0.6 is 0 Å². The summed E-state index contributed by atoms with van der Waals surface area (Å²) < 4.78 is 48.6. The summed E-state index contributed by atoms with van der Waals surface area (Å²) in [4.78, 5) is 19.0. The van der Waals surface area contributed by atoms with Gasteiger partial charge in [0, 0.05) is 12.1 Å². The maximum atomic E-state index is 12.7. The second-order valence-electron chi connectivity index (χ2n) is 12.0. The summed E-state index contributed by atoms with van der Waals surface area (Å²) >= 11 is 0. The Kier molecular flexibility index (Phi) is 7.46. The predicted molar refractivity (Wildman–Crippen MR) is 136 cm³/mol. The summed E-state index contributed by atoms with van der Waals surface area (Å²) in [5.74, 6) is 0.638. The second-order valence-corrected chi connectivity index (χ2v) is 14.1. The molecule has 9 nitrogen and oxygen atoms in total. The van der Waals surface area contributed by atoms with Gasteiger partial charge in [-0.25, -0.2) is 18.2 Å². The van der Waals surface area contributed by atoms with Crippen molar-refractivity contribution >= 4 is 15.9 Å². The Morgan fingerprint density at radius 2 is 1.59 bits per heavy atom.